The van der Waals surface area contributed by atoms with E-state index in [9.17, 15) is 4.79 Å². The first-order valence-electron chi connectivity index (χ1n) is 7.06. The molecule has 1 N–H and O–H groups in total. The summed E-state index contributed by atoms with van der Waals surface area (Å²) < 4.78 is 12.7. The predicted octanol–water partition coefficient (Wildman–Crippen LogP) is 3.37. The fourth-order valence-corrected chi connectivity index (χ4v) is 3.08. The molecule has 7 nitrogen and oxygen atoms in total. The summed E-state index contributed by atoms with van der Waals surface area (Å²) in [5.41, 5.74) is 1.62. The third-order valence-electron chi connectivity index (χ3n) is 3.10. The molecule has 23 heavy (non-hydrogen) atoms. The molecule has 0 atom stereocenters. The number of methoxy groups -OCH3 is 1. The summed E-state index contributed by atoms with van der Waals surface area (Å²) >= 11 is 1.47. The van der Waals surface area contributed by atoms with Gasteiger partial charge < -0.3 is 9.47 Å². The minimum atomic E-state index is -0.517. The molecule has 0 radical (unpaired) electrons. The number of ether oxygens (including phenoxy) is 2. The van der Waals surface area contributed by atoms with Gasteiger partial charge in [-0.05, 0) is 32.0 Å². The molecule has 0 aliphatic heterocycles. The zero-order chi connectivity index (χ0) is 16.4. The topological polar surface area (TPSA) is 78.3 Å². The maximum Gasteiger partial charge on any atom is 0.412 e. The van der Waals surface area contributed by atoms with E-state index in [2.05, 4.69) is 15.4 Å². The van der Waals surface area contributed by atoms with Crippen LogP contribution in [0.5, 0.6) is 5.75 Å². The first kappa shape index (κ1) is 15.3. The van der Waals surface area contributed by atoms with Crippen molar-refractivity contribution < 1.29 is 14.3 Å². The lowest BCUT2D eigenvalue weighted by molar-refractivity contribution is 0.167. The maximum atomic E-state index is 11.7. The highest BCUT2D eigenvalue weighted by molar-refractivity contribution is 7.20. The van der Waals surface area contributed by atoms with Crippen LogP contribution in [0.2, 0.25) is 0 Å². The van der Waals surface area contributed by atoms with Gasteiger partial charge in [0.2, 0.25) is 5.13 Å². The molecule has 0 saturated carbocycles. The monoisotopic (exact) mass is 332 g/mol. The Bertz CT molecular complexity index is 856. The second-order valence-electron chi connectivity index (χ2n) is 4.76. The summed E-state index contributed by atoms with van der Waals surface area (Å²) in [4.78, 5) is 16.2. The number of thiazole rings is 1. The summed E-state index contributed by atoms with van der Waals surface area (Å²) in [6.45, 7) is 3.91. The van der Waals surface area contributed by atoms with Crippen LogP contribution in [0.25, 0.3) is 15.3 Å². The molecule has 2 aromatic heterocycles. The van der Waals surface area contributed by atoms with Crippen molar-refractivity contribution in [2.24, 2.45) is 0 Å². The fraction of sp³-hybridized carbons (Fsp3) is 0.267. The molecular formula is C15H16N4O3S. The van der Waals surface area contributed by atoms with Crippen LogP contribution < -0.4 is 10.1 Å². The highest BCUT2D eigenvalue weighted by atomic mass is 32.1. The van der Waals surface area contributed by atoms with Crippen LogP contribution in [0.15, 0.2) is 24.3 Å². The number of anilines is 1. The first-order chi connectivity index (χ1) is 11.1. The summed E-state index contributed by atoms with van der Waals surface area (Å²) in [5, 5.41) is 7.73. The third-order valence-corrected chi connectivity index (χ3v) is 4.10. The van der Waals surface area contributed by atoms with E-state index < -0.39 is 6.09 Å². The van der Waals surface area contributed by atoms with Crippen molar-refractivity contribution in [1.29, 1.82) is 0 Å². The Morgan fingerprint density at radius 2 is 2.22 bits per heavy atom. The minimum Gasteiger partial charge on any atom is -0.497 e. The number of aromatic nitrogens is 3. The number of nitrogens with one attached hydrogen (secondary N) is 1. The van der Waals surface area contributed by atoms with E-state index in [1.807, 2.05) is 25.1 Å². The third kappa shape index (κ3) is 3.11. The second-order valence-corrected chi connectivity index (χ2v) is 5.77. The lowest BCUT2D eigenvalue weighted by Gasteiger charge is -2.05. The summed E-state index contributed by atoms with van der Waals surface area (Å²) in [5.74, 6) is 1.29. The lowest BCUT2D eigenvalue weighted by Crippen LogP contribution is -2.16. The van der Waals surface area contributed by atoms with Crippen molar-refractivity contribution >= 4 is 33.5 Å². The number of aryl methyl sites for hydroxylation is 1. The molecule has 0 aliphatic carbocycles. The van der Waals surface area contributed by atoms with Gasteiger partial charge in [-0.15, -0.1) is 0 Å². The Balaban J connectivity index is 1.99. The van der Waals surface area contributed by atoms with Gasteiger partial charge >= 0.3 is 6.09 Å². The van der Waals surface area contributed by atoms with Crippen molar-refractivity contribution in [1.82, 2.24) is 14.8 Å². The van der Waals surface area contributed by atoms with Crippen molar-refractivity contribution in [2.45, 2.75) is 13.8 Å². The van der Waals surface area contributed by atoms with Gasteiger partial charge in [-0.3, -0.25) is 5.32 Å². The van der Waals surface area contributed by atoms with Crippen LogP contribution in [-0.2, 0) is 4.74 Å². The van der Waals surface area contributed by atoms with E-state index in [-0.39, 0.29) is 0 Å². The van der Waals surface area contributed by atoms with Gasteiger partial charge in [-0.2, -0.15) is 9.78 Å². The largest absolute Gasteiger partial charge is 0.497 e. The van der Waals surface area contributed by atoms with E-state index in [4.69, 9.17) is 9.47 Å². The average molecular weight is 332 g/mol. The zero-order valence-electron chi connectivity index (χ0n) is 13.0. The number of fused-ring (bicyclic) bond motifs is 1. The molecule has 1 amide bonds. The van der Waals surface area contributed by atoms with Crippen LogP contribution in [0.3, 0.4) is 0 Å². The average Bonchev–Trinajstić information content (AvgIpc) is 3.09. The van der Waals surface area contributed by atoms with Crippen molar-refractivity contribution in [3.05, 3.63) is 30.0 Å². The normalized spacial score (nSPS) is 10.7. The van der Waals surface area contributed by atoms with Gasteiger partial charge in [0.1, 0.15) is 11.6 Å². The predicted molar refractivity (Wildman–Crippen MR) is 88.7 cm³/mol. The maximum absolute atomic E-state index is 11.7. The molecule has 0 unspecified atom stereocenters. The number of benzene rings is 1. The van der Waals surface area contributed by atoms with E-state index in [1.165, 1.54) is 11.3 Å². The number of nitrogens with zero attached hydrogens (tertiary/aromatic N) is 3. The van der Waals surface area contributed by atoms with Crippen LogP contribution in [0, 0.1) is 6.92 Å². The van der Waals surface area contributed by atoms with Gasteiger partial charge in [-0.1, -0.05) is 11.3 Å². The quantitative estimate of drug-likeness (QED) is 0.792. The van der Waals surface area contributed by atoms with Gasteiger partial charge in [0.25, 0.3) is 0 Å². The van der Waals surface area contributed by atoms with E-state index in [0.29, 0.717) is 17.6 Å². The smallest absolute Gasteiger partial charge is 0.412 e. The second kappa shape index (κ2) is 6.25. The molecule has 1 aromatic carbocycles. The molecular weight excluding hydrogens is 316 g/mol. The van der Waals surface area contributed by atoms with Gasteiger partial charge in [0.05, 0.1) is 29.6 Å². The summed E-state index contributed by atoms with van der Waals surface area (Å²) in [6, 6.07) is 7.44. The number of amides is 1. The first-order valence-corrected chi connectivity index (χ1v) is 7.87. The SMILES string of the molecule is CCOC(=O)Nc1cc(C)nn1-c1nc2ccc(OC)cc2s1. The Hall–Kier alpha value is -2.61. The van der Waals surface area contributed by atoms with E-state index in [0.717, 1.165) is 21.7 Å². The van der Waals surface area contributed by atoms with E-state index >= 15 is 0 Å². The Morgan fingerprint density at radius 3 is 2.96 bits per heavy atom. The molecule has 8 heteroatoms. The number of carbonyl (C=O) groups is 1. The zero-order valence-corrected chi connectivity index (χ0v) is 13.8. The number of carbonyl (C=O) groups excluding carboxylic acids is 1. The van der Waals surface area contributed by atoms with E-state index in [1.54, 1.807) is 24.8 Å². The van der Waals surface area contributed by atoms with Crippen LogP contribution in [0.1, 0.15) is 12.6 Å². The van der Waals surface area contributed by atoms with Gasteiger partial charge in [-0.25, -0.2) is 9.78 Å². The van der Waals surface area contributed by atoms with Gasteiger partial charge in [0.15, 0.2) is 0 Å². The molecule has 0 aliphatic rings. The van der Waals surface area contributed by atoms with Crippen LogP contribution in [-0.4, -0.2) is 34.6 Å². The molecule has 0 saturated heterocycles. The molecule has 0 fully saturated rings. The van der Waals surface area contributed by atoms with Crippen LogP contribution >= 0.6 is 11.3 Å². The Morgan fingerprint density at radius 1 is 1.39 bits per heavy atom. The van der Waals surface area contributed by atoms with Crippen molar-refractivity contribution in [3.8, 4) is 10.9 Å². The number of rotatable bonds is 4. The molecule has 2 heterocycles. The minimum absolute atomic E-state index is 0.305. The number of hydrogen-bond acceptors (Lipinski definition) is 6. The summed E-state index contributed by atoms with van der Waals surface area (Å²) in [7, 11) is 1.63. The molecule has 0 spiro atoms. The fourth-order valence-electron chi connectivity index (χ4n) is 2.12. The van der Waals surface area contributed by atoms with Crippen molar-refractivity contribution in [2.75, 3.05) is 19.0 Å². The molecule has 3 aromatic rings. The Kier molecular flexibility index (Phi) is 4.16. The standard InChI is InChI=1S/C15H16N4O3S/c1-4-22-15(20)17-13-7-9(2)18-19(13)14-16-11-6-5-10(21-3)8-12(11)23-14/h5-8H,4H2,1-3H3,(H,17,20). The Labute approximate surface area is 136 Å². The molecule has 120 valence electrons. The highest BCUT2D eigenvalue weighted by Crippen LogP contribution is 2.29. The molecule has 0 bridgehead atoms. The summed E-state index contributed by atoms with van der Waals surface area (Å²) in [6.07, 6.45) is -0.517. The molecule has 3 rings (SSSR count). The number of hydrogen-bond donors (Lipinski definition) is 1. The van der Waals surface area contributed by atoms with Crippen molar-refractivity contribution in [3.63, 3.8) is 0 Å². The lowest BCUT2D eigenvalue weighted by atomic mass is 10.3. The van der Waals surface area contributed by atoms with Crippen LogP contribution in [0.4, 0.5) is 10.6 Å². The van der Waals surface area contributed by atoms with Gasteiger partial charge in [0, 0.05) is 6.07 Å². The highest BCUT2D eigenvalue weighted by Gasteiger charge is 2.15.